The molecule has 2 amide bonds. The zero-order valence-corrected chi connectivity index (χ0v) is 21.6. The summed E-state index contributed by atoms with van der Waals surface area (Å²) >= 11 is 12.0. The molecule has 5 rings (SSSR count). The van der Waals surface area contributed by atoms with Crippen LogP contribution in [0.15, 0.2) is 0 Å². The van der Waals surface area contributed by atoms with Gasteiger partial charge in [0.2, 0.25) is 11.8 Å². The predicted molar refractivity (Wildman–Crippen MR) is 130 cm³/mol. The lowest BCUT2D eigenvalue weighted by molar-refractivity contribution is -0.157. The number of fused-ring (bicyclic) bond motifs is 3. The maximum atomic E-state index is 13.8. The van der Waals surface area contributed by atoms with Gasteiger partial charge in [0, 0.05) is 23.3 Å². The highest BCUT2D eigenvalue weighted by Gasteiger charge is 2.58. The molecule has 5 saturated carbocycles. The van der Waals surface area contributed by atoms with Crippen LogP contribution in [0.4, 0.5) is 4.39 Å². The Morgan fingerprint density at radius 2 is 1.69 bits per heavy atom. The van der Waals surface area contributed by atoms with E-state index in [4.69, 9.17) is 27.9 Å². The van der Waals surface area contributed by atoms with Gasteiger partial charge in [0.25, 0.3) is 0 Å². The van der Waals surface area contributed by atoms with E-state index in [1.165, 1.54) is 0 Å². The molecule has 10 heteroatoms. The number of hydrogen-bond acceptors (Lipinski definition) is 5. The molecule has 35 heavy (non-hydrogen) atoms. The van der Waals surface area contributed by atoms with E-state index >= 15 is 0 Å². The first-order valence-electron chi connectivity index (χ1n) is 13.0. The van der Waals surface area contributed by atoms with Crippen LogP contribution in [-0.2, 0) is 19.1 Å². The molecule has 0 radical (unpaired) electrons. The van der Waals surface area contributed by atoms with Gasteiger partial charge in [-0.3, -0.25) is 14.4 Å². The minimum absolute atomic E-state index is 0.0183. The smallest absolute Gasteiger partial charge is 0.246 e. The van der Waals surface area contributed by atoms with Crippen molar-refractivity contribution in [2.45, 2.75) is 112 Å². The molecule has 0 aromatic rings. The van der Waals surface area contributed by atoms with Gasteiger partial charge in [-0.05, 0) is 70.6 Å². The van der Waals surface area contributed by atoms with Gasteiger partial charge in [-0.15, -0.1) is 23.2 Å². The Labute approximate surface area is 216 Å². The topological polar surface area (TPSA) is 105 Å². The highest BCUT2D eigenvalue weighted by atomic mass is 35.5. The van der Waals surface area contributed by atoms with E-state index in [-0.39, 0.29) is 61.0 Å². The van der Waals surface area contributed by atoms with Crippen LogP contribution in [0.25, 0.3) is 0 Å². The van der Waals surface area contributed by atoms with Crippen LogP contribution in [0.5, 0.6) is 0 Å². The van der Waals surface area contributed by atoms with Crippen LogP contribution in [0.1, 0.15) is 77.0 Å². The van der Waals surface area contributed by atoms with Crippen molar-refractivity contribution >= 4 is 40.8 Å². The van der Waals surface area contributed by atoms with Crippen molar-refractivity contribution in [2.24, 2.45) is 11.3 Å². The molecule has 3 unspecified atom stereocenters. The second-order valence-corrected chi connectivity index (χ2v) is 12.3. The van der Waals surface area contributed by atoms with Crippen molar-refractivity contribution in [3.05, 3.63) is 0 Å². The number of alkyl halides is 3. The van der Waals surface area contributed by atoms with Crippen LogP contribution >= 0.6 is 23.2 Å². The van der Waals surface area contributed by atoms with Crippen molar-refractivity contribution < 1.29 is 28.6 Å². The number of hydrogen-bond donors (Lipinski definition) is 3. The van der Waals surface area contributed by atoms with Gasteiger partial charge < -0.3 is 20.5 Å². The van der Waals surface area contributed by atoms with Crippen molar-refractivity contribution in [2.75, 3.05) is 13.2 Å². The maximum Gasteiger partial charge on any atom is 0.246 e. The quantitative estimate of drug-likeness (QED) is 0.415. The van der Waals surface area contributed by atoms with Crippen LogP contribution in [0.3, 0.4) is 0 Å². The summed E-state index contributed by atoms with van der Waals surface area (Å²) in [7, 11) is 0. The molecule has 5 aliphatic carbocycles. The van der Waals surface area contributed by atoms with Crippen molar-refractivity contribution in [3.8, 4) is 0 Å². The number of amides is 2. The highest BCUT2D eigenvalue weighted by Crippen LogP contribution is 2.52. The third-order valence-electron chi connectivity index (χ3n) is 8.81. The number of halogens is 3. The van der Waals surface area contributed by atoms with E-state index in [1.807, 2.05) is 0 Å². The average Bonchev–Trinajstić information content (AvgIpc) is 2.84. The molecule has 4 atom stereocenters. The summed E-state index contributed by atoms with van der Waals surface area (Å²) in [5.74, 6) is -0.601. The molecule has 7 nitrogen and oxygen atoms in total. The molecule has 3 N–H and O–H groups in total. The van der Waals surface area contributed by atoms with Gasteiger partial charge in [-0.1, -0.05) is 0 Å². The standard InChI is InChI=1S/C25H37Cl2FN2O5/c26-16-3-1-15(2-4-16)20(31)13-29-23(34)25-9-7-24(8-10-25,12-21(25)32)30-22(33)14-35-17-5-6-18(27)19(28)11-17/h15-19,21,32H,1-14H2,(H,29,34)(H,30,33)/t15?,16?,17?,18?,19?,21-,24?,25?/m0/s1. The lowest BCUT2D eigenvalue weighted by Crippen LogP contribution is -2.66. The Bertz CT molecular complexity index is 799. The van der Waals surface area contributed by atoms with Gasteiger partial charge in [-0.25, -0.2) is 4.39 Å². The minimum atomic E-state index is -1.13. The molecular weight excluding hydrogens is 498 g/mol. The number of carbonyl (C=O) groups excluding carboxylic acids is 3. The molecule has 2 bridgehead atoms. The number of ketones is 1. The van der Waals surface area contributed by atoms with Crippen molar-refractivity contribution in [1.29, 1.82) is 0 Å². The Morgan fingerprint density at radius 1 is 1.00 bits per heavy atom. The van der Waals surface area contributed by atoms with Gasteiger partial charge >= 0.3 is 0 Å². The summed E-state index contributed by atoms with van der Waals surface area (Å²) < 4.78 is 19.4. The molecule has 0 aromatic carbocycles. The Hall–Kier alpha value is -0.960. The van der Waals surface area contributed by atoms with Crippen LogP contribution in [0, 0.1) is 11.3 Å². The monoisotopic (exact) mass is 534 g/mol. The average molecular weight is 535 g/mol. The number of aliphatic hydroxyl groups excluding tert-OH is 1. The van der Waals surface area contributed by atoms with E-state index < -0.39 is 28.6 Å². The third-order valence-corrected chi connectivity index (χ3v) is 9.74. The number of carbonyl (C=O) groups is 3. The fourth-order valence-electron chi connectivity index (χ4n) is 6.41. The first-order chi connectivity index (χ1) is 16.6. The lowest BCUT2D eigenvalue weighted by atomic mass is 9.55. The molecule has 0 saturated heterocycles. The number of Topliss-reactive ketones (excluding diaryl/α,β-unsaturated/α-hetero) is 1. The lowest BCUT2D eigenvalue weighted by Gasteiger charge is -2.55. The maximum absolute atomic E-state index is 13.8. The summed E-state index contributed by atoms with van der Waals surface area (Å²) in [5, 5.41) is 16.4. The number of aliphatic hydroxyl groups is 1. The normalized spacial score (nSPS) is 41.3. The summed E-state index contributed by atoms with van der Waals surface area (Å²) in [5.41, 5.74) is -1.50. The Morgan fingerprint density at radius 3 is 2.31 bits per heavy atom. The fraction of sp³-hybridized carbons (Fsp3) is 0.880. The first kappa shape index (κ1) is 27.1. The third kappa shape index (κ3) is 6.13. The van der Waals surface area contributed by atoms with E-state index in [1.54, 1.807) is 0 Å². The van der Waals surface area contributed by atoms with E-state index in [2.05, 4.69) is 10.6 Å². The summed E-state index contributed by atoms with van der Waals surface area (Å²) in [6.45, 7) is -0.183. The van der Waals surface area contributed by atoms with E-state index in [0.29, 0.717) is 38.5 Å². The largest absolute Gasteiger partial charge is 0.392 e. The SMILES string of the molecule is O=C(COC1CCC(Cl)C(F)C1)NC12CCC(C(=O)NCC(=O)C3CCC(Cl)CC3)(CC1)[C@@H](O)C2. The Balaban J connectivity index is 1.23. The van der Waals surface area contributed by atoms with Gasteiger partial charge in [0.1, 0.15) is 12.8 Å². The van der Waals surface area contributed by atoms with E-state index in [9.17, 15) is 23.9 Å². The van der Waals surface area contributed by atoms with Crippen LogP contribution in [-0.4, -0.2) is 70.5 Å². The second kappa shape index (κ2) is 11.2. The zero-order chi connectivity index (χ0) is 25.2. The molecule has 0 aromatic heterocycles. The minimum Gasteiger partial charge on any atom is -0.392 e. The summed E-state index contributed by atoms with van der Waals surface area (Å²) in [6.07, 6.45) is 4.44. The molecule has 0 aliphatic heterocycles. The molecule has 0 heterocycles. The predicted octanol–water partition coefficient (Wildman–Crippen LogP) is 3.16. The molecule has 5 aliphatic rings. The molecule has 0 spiro atoms. The number of ether oxygens (including phenoxy) is 1. The number of rotatable bonds is 8. The van der Waals surface area contributed by atoms with Gasteiger partial charge in [0.15, 0.2) is 5.78 Å². The number of nitrogens with one attached hydrogen (secondary N) is 2. The van der Waals surface area contributed by atoms with Crippen LogP contribution < -0.4 is 10.6 Å². The molecule has 198 valence electrons. The molecule has 5 fully saturated rings. The summed E-state index contributed by atoms with van der Waals surface area (Å²) in [6, 6.07) is 0. The molecular formula is C25H37Cl2FN2O5. The highest BCUT2D eigenvalue weighted by molar-refractivity contribution is 6.21. The van der Waals surface area contributed by atoms with Crippen LogP contribution in [0.2, 0.25) is 0 Å². The second-order valence-electron chi connectivity index (χ2n) is 11.1. The van der Waals surface area contributed by atoms with Gasteiger partial charge in [0.05, 0.1) is 29.5 Å². The fourth-order valence-corrected chi connectivity index (χ4v) is 6.89. The van der Waals surface area contributed by atoms with Crippen molar-refractivity contribution in [3.63, 3.8) is 0 Å². The van der Waals surface area contributed by atoms with Gasteiger partial charge in [-0.2, -0.15) is 0 Å². The Kier molecular flexibility index (Phi) is 8.66. The van der Waals surface area contributed by atoms with E-state index in [0.717, 1.165) is 25.7 Å². The van der Waals surface area contributed by atoms with Crippen molar-refractivity contribution in [1.82, 2.24) is 10.6 Å². The summed E-state index contributed by atoms with van der Waals surface area (Å²) in [4.78, 5) is 38.2. The zero-order valence-electron chi connectivity index (χ0n) is 20.1. The first-order valence-corrected chi connectivity index (χ1v) is 13.8.